The molecule has 5 rings (SSSR count). The average molecular weight is 455 g/mol. The lowest BCUT2D eigenvalue weighted by Gasteiger charge is -2.70. The fraction of sp³-hybridized carbons (Fsp3) is 0.833. The van der Waals surface area contributed by atoms with E-state index in [0.717, 1.165) is 38.5 Å². The van der Waals surface area contributed by atoms with Crippen LogP contribution in [-0.4, -0.2) is 22.3 Å². The Morgan fingerprint density at radius 3 is 2.33 bits per heavy atom. The van der Waals surface area contributed by atoms with Crippen molar-refractivity contribution >= 4 is 5.97 Å². The first-order chi connectivity index (χ1) is 15.3. The lowest BCUT2D eigenvalue weighted by molar-refractivity contribution is -0.179. The molecule has 0 radical (unpaired) electrons. The molecule has 2 N–H and O–H groups in total. The minimum Gasteiger partial charge on any atom is -0.481 e. The number of carboxylic acids is 1. The van der Waals surface area contributed by atoms with Gasteiger partial charge in [-0.25, -0.2) is 0 Å². The topological polar surface area (TPSA) is 57.5 Å². The lowest BCUT2D eigenvalue weighted by Crippen LogP contribution is -2.64. The van der Waals surface area contributed by atoms with Crippen LogP contribution in [0, 0.1) is 56.7 Å². The number of aliphatic carboxylic acids is 1. The van der Waals surface area contributed by atoms with Crippen LogP contribution in [0.4, 0.5) is 0 Å². The normalized spacial score (nSPS) is 54.8. The molecule has 0 bridgehead atoms. The van der Waals surface area contributed by atoms with Gasteiger partial charge in [-0.1, -0.05) is 72.3 Å². The molecule has 0 aliphatic heterocycles. The molecule has 0 amide bonds. The zero-order valence-electron chi connectivity index (χ0n) is 21.9. The third kappa shape index (κ3) is 2.69. The third-order valence-electron chi connectivity index (χ3n) is 12.9. The molecule has 0 aromatic heterocycles. The van der Waals surface area contributed by atoms with E-state index in [0.29, 0.717) is 23.7 Å². The molecule has 0 saturated heterocycles. The van der Waals surface area contributed by atoms with Gasteiger partial charge in [0, 0.05) is 0 Å². The molecule has 3 saturated carbocycles. The fourth-order valence-corrected chi connectivity index (χ4v) is 10.3. The Hall–Kier alpha value is -1.09. The Morgan fingerprint density at radius 2 is 1.67 bits per heavy atom. The molecule has 10 atom stereocenters. The number of fused-ring (bicyclic) bond motifs is 7. The van der Waals surface area contributed by atoms with Crippen LogP contribution in [-0.2, 0) is 4.79 Å². The summed E-state index contributed by atoms with van der Waals surface area (Å²) >= 11 is 0. The number of allylic oxidation sites excluding steroid dienone is 3. The summed E-state index contributed by atoms with van der Waals surface area (Å²) in [6, 6.07) is 0. The summed E-state index contributed by atoms with van der Waals surface area (Å²) in [6.45, 7) is 16.7. The highest BCUT2D eigenvalue weighted by Gasteiger charge is 2.69. The van der Waals surface area contributed by atoms with Crippen LogP contribution in [0.2, 0.25) is 0 Å². The first kappa shape index (κ1) is 23.6. The van der Waals surface area contributed by atoms with Gasteiger partial charge >= 0.3 is 5.97 Å². The van der Waals surface area contributed by atoms with E-state index in [9.17, 15) is 15.0 Å². The van der Waals surface area contributed by atoms with Crippen LogP contribution in [0.1, 0.15) is 93.4 Å². The van der Waals surface area contributed by atoms with Gasteiger partial charge in [-0.2, -0.15) is 0 Å². The van der Waals surface area contributed by atoms with Crippen LogP contribution in [0.25, 0.3) is 0 Å². The van der Waals surface area contributed by atoms with E-state index in [-0.39, 0.29) is 33.7 Å². The second-order valence-electron chi connectivity index (χ2n) is 14.1. The molecule has 0 unspecified atom stereocenters. The maximum Gasteiger partial charge on any atom is 0.310 e. The minimum atomic E-state index is -0.571. The highest BCUT2D eigenvalue weighted by molar-refractivity contribution is 5.76. The fourth-order valence-electron chi connectivity index (χ4n) is 10.3. The molecule has 3 heteroatoms. The highest BCUT2D eigenvalue weighted by atomic mass is 16.4. The van der Waals surface area contributed by atoms with Crippen LogP contribution < -0.4 is 0 Å². The summed E-state index contributed by atoms with van der Waals surface area (Å²) in [6.07, 6.45) is 13.6. The van der Waals surface area contributed by atoms with Gasteiger partial charge in [0.25, 0.3) is 0 Å². The van der Waals surface area contributed by atoms with Crippen molar-refractivity contribution in [3.05, 3.63) is 23.8 Å². The van der Waals surface area contributed by atoms with Gasteiger partial charge in [0.2, 0.25) is 0 Å². The first-order valence-electron chi connectivity index (χ1n) is 13.6. The maximum absolute atomic E-state index is 12.8. The number of aliphatic hydroxyl groups is 1. The quantitative estimate of drug-likeness (QED) is 0.425. The zero-order valence-corrected chi connectivity index (χ0v) is 21.9. The van der Waals surface area contributed by atoms with Crippen molar-refractivity contribution in [1.29, 1.82) is 0 Å². The molecule has 3 fully saturated rings. The number of carbonyl (C=O) groups is 1. The molecular formula is C30H46O3. The minimum absolute atomic E-state index is 0.0485. The van der Waals surface area contributed by atoms with E-state index < -0.39 is 11.4 Å². The monoisotopic (exact) mass is 454 g/mol. The van der Waals surface area contributed by atoms with Crippen molar-refractivity contribution in [3.63, 3.8) is 0 Å². The van der Waals surface area contributed by atoms with Crippen molar-refractivity contribution < 1.29 is 15.0 Å². The largest absolute Gasteiger partial charge is 0.481 e. The lowest BCUT2D eigenvalue weighted by atomic mass is 9.34. The predicted octanol–water partition coefficient (Wildman–Crippen LogP) is 6.87. The third-order valence-corrected chi connectivity index (χ3v) is 12.9. The number of carboxylic acid groups (broad SMARTS) is 1. The van der Waals surface area contributed by atoms with Crippen LogP contribution in [0.15, 0.2) is 23.8 Å². The van der Waals surface area contributed by atoms with Crippen LogP contribution in [0.5, 0.6) is 0 Å². The van der Waals surface area contributed by atoms with E-state index in [4.69, 9.17) is 0 Å². The smallest absolute Gasteiger partial charge is 0.310 e. The van der Waals surface area contributed by atoms with E-state index in [1.807, 2.05) is 0 Å². The Kier molecular flexibility index (Phi) is 5.01. The van der Waals surface area contributed by atoms with E-state index in [1.165, 1.54) is 12.0 Å². The molecule has 5 aliphatic carbocycles. The van der Waals surface area contributed by atoms with Crippen molar-refractivity contribution in [2.45, 2.75) is 99.5 Å². The van der Waals surface area contributed by atoms with E-state index in [2.05, 4.69) is 66.7 Å². The summed E-state index contributed by atoms with van der Waals surface area (Å²) in [5, 5.41) is 21.3. The zero-order chi connectivity index (χ0) is 24.2. The van der Waals surface area contributed by atoms with Gasteiger partial charge in [0.05, 0.1) is 11.5 Å². The molecule has 5 aliphatic rings. The maximum atomic E-state index is 12.8. The Bertz CT molecular complexity index is 916. The summed E-state index contributed by atoms with van der Waals surface area (Å²) in [7, 11) is 0. The van der Waals surface area contributed by atoms with Crippen molar-refractivity contribution in [1.82, 2.24) is 0 Å². The molecule has 184 valence electrons. The highest BCUT2D eigenvalue weighted by Crippen LogP contribution is 2.75. The predicted molar refractivity (Wildman–Crippen MR) is 133 cm³/mol. The molecule has 0 aromatic rings. The summed E-state index contributed by atoms with van der Waals surface area (Å²) in [5.41, 5.74) is 1.07. The molecule has 0 spiro atoms. The van der Waals surface area contributed by atoms with Crippen molar-refractivity contribution in [2.75, 3.05) is 0 Å². The average Bonchev–Trinajstić information content (AvgIpc) is 2.74. The summed E-state index contributed by atoms with van der Waals surface area (Å²) < 4.78 is 0. The molecule has 0 heterocycles. The molecule has 3 nitrogen and oxygen atoms in total. The first-order valence-corrected chi connectivity index (χ1v) is 13.6. The van der Waals surface area contributed by atoms with Gasteiger partial charge < -0.3 is 10.2 Å². The van der Waals surface area contributed by atoms with Gasteiger partial charge in [0.1, 0.15) is 0 Å². The summed E-state index contributed by atoms with van der Waals surface area (Å²) in [5.74, 6) is 1.60. The number of hydrogen-bond donors (Lipinski definition) is 2. The molecule has 0 aromatic carbocycles. The van der Waals surface area contributed by atoms with E-state index in [1.54, 1.807) is 0 Å². The number of hydrogen-bond acceptors (Lipinski definition) is 2. The van der Waals surface area contributed by atoms with Crippen LogP contribution >= 0.6 is 0 Å². The standard InChI is InChI=1S/C30H46O3/c1-18-10-15-30(25(32)33)17-16-28(6)20(24(30)19(18)2)8-9-22-27(5)13-12-23(31)26(3,4)21(27)11-14-29(22,28)7/h8,12-13,18-19,21-24,31H,9-11,14-17H2,1-7H3,(H,32,33)/t18-,19+,21+,22-,23-,24+,27+,28-,29-,30+/m1/s1. The van der Waals surface area contributed by atoms with Gasteiger partial charge in [-0.3, -0.25) is 4.79 Å². The van der Waals surface area contributed by atoms with Gasteiger partial charge in [0.15, 0.2) is 0 Å². The number of aliphatic hydroxyl groups excluding tert-OH is 1. The SMILES string of the molecule is C[C@H]1[C@H](C)CC[C@]2(C(=O)O)CC[C@]3(C)C(=CC[C@@H]4[C@@]5(C)C=C[C@@H](O)C(C)(C)[C@@H]5CC[C@]43C)[C@H]12. The van der Waals surface area contributed by atoms with E-state index >= 15 is 0 Å². The second-order valence-corrected chi connectivity index (χ2v) is 14.1. The Labute approximate surface area is 201 Å². The van der Waals surface area contributed by atoms with Crippen molar-refractivity contribution in [2.24, 2.45) is 56.7 Å². The number of rotatable bonds is 1. The Morgan fingerprint density at radius 1 is 0.970 bits per heavy atom. The molecular weight excluding hydrogens is 408 g/mol. The van der Waals surface area contributed by atoms with Gasteiger partial charge in [-0.05, 0) is 96.2 Å². The van der Waals surface area contributed by atoms with Crippen molar-refractivity contribution in [3.8, 4) is 0 Å². The molecule has 33 heavy (non-hydrogen) atoms. The second kappa shape index (κ2) is 6.99. The van der Waals surface area contributed by atoms with Crippen LogP contribution in [0.3, 0.4) is 0 Å². The summed E-state index contributed by atoms with van der Waals surface area (Å²) in [4.78, 5) is 12.8. The Balaban J connectivity index is 1.64. The van der Waals surface area contributed by atoms with Gasteiger partial charge in [-0.15, -0.1) is 0 Å².